The summed E-state index contributed by atoms with van der Waals surface area (Å²) in [6, 6.07) is 5.99. The minimum absolute atomic E-state index is 0.00691. The maximum absolute atomic E-state index is 13.1. The Balaban J connectivity index is 1.86. The highest BCUT2D eigenvalue weighted by Crippen LogP contribution is 2.23. The monoisotopic (exact) mass is 329 g/mol. The van der Waals surface area contributed by atoms with Crippen LogP contribution in [0.1, 0.15) is 0 Å². The summed E-state index contributed by atoms with van der Waals surface area (Å²) >= 11 is 0. The van der Waals surface area contributed by atoms with Crippen molar-refractivity contribution in [2.45, 2.75) is 6.04 Å². The van der Waals surface area contributed by atoms with Crippen LogP contribution in [0.2, 0.25) is 0 Å². The van der Waals surface area contributed by atoms with E-state index < -0.39 is 0 Å². The number of aromatic nitrogens is 2. The largest absolute Gasteiger partial charge is 0.367 e. The molecule has 2 heterocycles. The van der Waals surface area contributed by atoms with Crippen molar-refractivity contribution < 1.29 is 9.18 Å². The van der Waals surface area contributed by atoms with Crippen LogP contribution < -0.4 is 9.80 Å². The first-order valence-electron chi connectivity index (χ1n) is 7.80. The lowest BCUT2D eigenvalue weighted by atomic mass is 10.1. The summed E-state index contributed by atoms with van der Waals surface area (Å²) in [6.07, 6.45) is 4.91. The fourth-order valence-electron chi connectivity index (χ4n) is 2.89. The number of carbonyl (C=O) groups is 1. The van der Waals surface area contributed by atoms with Crippen LogP contribution in [0.25, 0.3) is 0 Å². The van der Waals surface area contributed by atoms with Crippen LogP contribution >= 0.6 is 0 Å². The second-order valence-corrected chi connectivity index (χ2v) is 5.93. The van der Waals surface area contributed by atoms with Crippen molar-refractivity contribution in [3.05, 3.63) is 48.7 Å². The number of carbonyl (C=O) groups excluding carboxylic acids is 1. The molecule has 1 aromatic heterocycles. The van der Waals surface area contributed by atoms with Gasteiger partial charge in [0.25, 0.3) is 0 Å². The molecule has 1 atom stereocenters. The molecule has 3 rings (SSSR count). The van der Waals surface area contributed by atoms with Gasteiger partial charge in [0.05, 0.1) is 6.20 Å². The second kappa shape index (κ2) is 6.82. The molecule has 1 unspecified atom stereocenters. The molecule has 1 aliphatic rings. The Morgan fingerprint density at radius 1 is 1.21 bits per heavy atom. The summed E-state index contributed by atoms with van der Waals surface area (Å²) in [4.78, 5) is 26.8. The van der Waals surface area contributed by atoms with E-state index in [0.717, 1.165) is 12.2 Å². The van der Waals surface area contributed by atoms with Gasteiger partial charge in [0.15, 0.2) is 0 Å². The van der Waals surface area contributed by atoms with Crippen molar-refractivity contribution in [1.29, 1.82) is 0 Å². The van der Waals surface area contributed by atoms with E-state index in [1.807, 2.05) is 4.90 Å². The molecular formula is C17H20FN5O. The van der Waals surface area contributed by atoms with E-state index in [1.54, 1.807) is 49.7 Å². The van der Waals surface area contributed by atoms with E-state index in [9.17, 15) is 9.18 Å². The third-order valence-corrected chi connectivity index (χ3v) is 4.14. The van der Waals surface area contributed by atoms with E-state index in [-0.39, 0.29) is 17.8 Å². The third kappa shape index (κ3) is 3.29. The molecule has 0 spiro atoms. The minimum Gasteiger partial charge on any atom is -0.367 e. The molecule has 6 nitrogen and oxygen atoms in total. The molecular weight excluding hydrogens is 309 g/mol. The lowest BCUT2D eigenvalue weighted by molar-refractivity contribution is -0.130. The summed E-state index contributed by atoms with van der Waals surface area (Å²) in [7, 11) is 3.49. The Morgan fingerprint density at radius 2 is 1.96 bits per heavy atom. The fraction of sp³-hybridized carbons (Fsp3) is 0.353. The van der Waals surface area contributed by atoms with Gasteiger partial charge in [-0.2, -0.15) is 0 Å². The molecule has 0 N–H and O–H groups in total. The molecule has 0 saturated carbocycles. The number of hydrogen-bond donors (Lipinski definition) is 0. The summed E-state index contributed by atoms with van der Waals surface area (Å²) in [6.45, 7) is 1.87. The van der Waals surface area contributed by atoms with Crippen LogP contribution in [-0.2, 0) is 4.79 Å². The van der Waals surface area contributed by atoms with Crippen molar-refractivity contribution in [2.75, 3.05) is 43.5 Å². The molecule has 1 saturated heterocycles. The van der Waals surface area contributed by atoms with Crippen molar-refractivity contribution in [1.82, 2.24) is 14.9 Å². The number of likely N-dealkylation sites (N-methyl/N-ethyl adjacent to an activating group) is 1. The number of amides is 1. The van der Waals surface area contributed by atoms with Crippen molar-refractivity contribution in [3.63, 3.8) is 0 Å². The molecule has 0 bridgehead atoms. The average Bonchev–Trinajstić information content (AvgIpc) is 2.62. The van der Waals surface area contributed by atoms with Crippen LogP contribution in [-0.4, -0.2) is 60.5 Å². The number of halogens is 1. The number of nitrogens with zero attached hydrogens (tertiary/aromatic N) is 5. The normalized spacial score (nSPS) is 17.7. The first-order valence-corrected chi connectivity index (χ1v) is 7.80. The van der Waals surface area contributed by atoms with E-state index in [0.29, 0.717) is 18.9 Å². The van der Waals surface area contributed by atoms with Gasteiger partial charge in [-0.3, -0.25) is 9.78 Å². The van der Waals surface area contributed by atoms with Crippen molar-refractivity contribution in [2.24, 2.45) is 0 Å². The third-order valence-electron chi connectivity index (χ3n) is 4.14. The zero-order chi connectivity index (χ0) is 17.1. The average molecular weight is 329 g/mol. The van der Waals surface area contributed by atoms with Gasteiger partial charge in [-0.25, -0.2) is 9.37 Å². The van der Waals surface area contributed by atoms with Gasteiger partial charge >= 0.3 is 0 Å². The highest BCUT2D eigenvalue weighted by molar-refractivity contribution is 5.86. The Kier molecular flexibility index (Phi) is 4.59. The zero-order valence-electron chi connectivity index (χ0n) is 13.8. The van der Waals surface area contributed by atoms with Gasteiger partial charge in [-0.05, 0) is 24.3 Å². The Hall–Kier alpha value is -2.70. The highest BCUT2D eigenvalue weighted by atomic mass is 19.1. The number of benzene rings is 1. The maximum Gasteiger partial charge on any atom is 0.246 e. The Bertz CT molecular complexity index is 692. The van der Waals surface area contributed by atoms with Crippen LogP contribution in [0.4, 0.5) is 15.9 Å². The Morgan fingerprint density at radius 3 is 2.58 bits per heavy atom. The van der Waals surface area contributed by atoms with Crippen LogP contribution in [0.5, 0.6) is 0 Å². The minimum atomic E-state index is -0.365. The van der Waals surface area contributed by atoms with Crippen LogP contribution in [0.3, 0.4) is 0 Å². The lowest BCUT2D eigenvalue weighted by Gasteiger charge is -2.42. The summed E-state index contributed by atoms with van der Waals surface area (Å²) in [5, 5.41) is 0. The predicted molar refractivity (Wildman–Crippen MR) is 90.5 cm³/mol. The molecule has 0 aliphatic carbocycles. The van der Waals surface area contributed by atoms with Gasteiger partial charge in [0.1, 0.15) is 17.7 Å². The van der Waals surface area contributed by atoms with E-state index >= 15 is 0 Å². The van der Waals surface area contributed by atoms with E-state index in [2.05, 4.69) is 14.9 Å². The SMILES string of the molecule is CN(C)C(=O)C1CN(c2ccc(F)cc2)CCN1c1cnccn1. The standard InChI is InChI=1S/C17H20FN5O/c1-21(2)17(24)15-12-22(14-5-3-13(18)4-6-14)9-10-23(15)16-11-19-7-8-20-16/h3-8,11,15H,9-10,12H2,1-2H3. The molecule has 126 valence electrons. The molecule has 1 aromatic carbocycles. The second-order valence-electron chi connectivity index (χ2n) is 5.93. The van der Waals surface area contributed by atoms with Crippen molar-refractivity contribution in [3.8, 4) is 0 Å². The zero-order valence-corrected chi connectivity index (χ0v) is 13.8. The van der Waals surface area contributed by atoms with Gasteiger partial charge < -0.3 is 14.7 Å². The molecule has 24 heavy (non-hydrogen) atoms. The van der Waals surface area contributed by atoms with Gasteiger partial charge in [0, 0.05) is 51.8 Å². The van der Waals surface area contributed by atoms with E-state index in [4.69, 9.17) is 0 Å². The van der Waals surface area contributed by atoms with Crippen LogP contribution in [0.15, 0.2) is 42.9 Å². The molecule has 2 aromatic rings. The Labute approximate surface area is 140 Å². The first-order chi connectivity index (χ1) is 11.6. The fourth-order valence-corrected chi connectivity index (χ4v) is 2.89. The first kappa shape index (κ1) is 16.2. The topological polar surface area (TPSA) is 52.6 Å². The smallest absolute Gasteiger partial charge is 0.246 e. The molecule has 1 fully saturated rings. The number of hydrogen-bond acceptors (Lipinski definition) is 5. The lowest BCUT2D eigenvalue weighted by Crippen LogP contribution is -2.59. The molecule has 0 radical (unpaired) electrons. The molecule has 7 heteroatoms. The highest BCUT2D eigenvalue weighted by Gasteiger charge is 2.34. The quantitative estimate of drug-likeness (QED) is 0.852. The van der Waals surface area contributed by atoms with Crippen LogP contribution in [0, 0.1) is 5.82 Å². The predicted octanol–water partition coefficient (Wildman–Crippen LogP) is 1.40. The summed E-state index contributed by atoms with van der Waals surface area (Å²) in [5.41, 5.74) is 0.909. The number of rotatable bonds is 3. The summed E-state index contributed by atoms with van der Waals surface area (Å²) in [5.74, 6) is 0.432. The van der Waals surface area contributed by atoms with E-state index in [1.165, 1.54) is 12.1 Å². The molecule has 1 aliphatic heterocycles. The van der Waals surface area contributed by atoms with Gasteiger partial charge in [0.2, 0.25) is 5.91 Å². The number of anilines is 2. The van der Waals surface area contributed by atoms with Crippen molar-refractivity contribution >= 4 is 17.4 Å². The summed E-state index contributed by atoms with van der Waals surface area (Å²) < 4.78 is 13.1. The van der Waals surface area contributed by atoms with Gasteiger partial charge in [-0.1, -0.05) is 0 Å². The number of piperazine rings is 1. The molecule has 1 amide bonds. The maximum atomic E-state index is 13.1. The van der Waals surface area contributed by atoms with Gasteiger partial charge in [-0.15, -0.1) is 0 Å².